The van der Waals surface area contributed by atoms with Gasteiger partial charge >= 0.3 is 0 Å². The maximum atomic E-state index is 13.2. The van der Waals surface area contributed by atoms with Gasteiger partial charge in [0.2, 0.25) is 0 Å². The number of nitrogens with one attached hydrogen (secondary N) is 1. The number of pyridine rings is 2. The summed E-state index contributed by atoms with van der Waals surface area (Å²) in [7, 11) is 0. The number of halogens is 2. The molecule has 1 aromatic carbocycles. The van der Waals surface area contributed by atoms with Crippen molar-refractivity contribution in [3.05, 3.63) is 64.4 Å². The van der Waals surface area contributed by atoms with E-state index < -0.39 is 0 Å². The molecule has 3 fully saturated rings. The molecule has 2 unspecified atom stereocenters. The van der Waals surface area contributed by atoms with Crippen LogP contribution in [0.15, 0.2) is 48.7 Å². The van der Waals surface area contributed by atoms with Gasteiger partial charge in [-0.15, -0.1) is 0 Å². The fraction of sp³-hybridized carbons (Fsp3) is 0.370. The molecule has 3 aliphatic rings. The van der Waals surface area contributed by atoms with E-state index in [-0.39, 0.29) is 5.91 Å². The molecule has 3 aliphatic carbocycles. The van der Waals surface area contributed by atoms with Gasteiger partial charge in [-0.05, 0) is 84.9 Å². The third kappa shape index (κ3) is 3.40. The Morgan fingerprint density at radius 2 is 2.03 bits per heavy atom. The highest BCUT2D eigenvalue weighted by molar-refractivity contribution is 6.36. The number of carbonyl (C=O) groups excluding carboxylic acids is 1. The maximum absolute atomic E-state index is 13.2. The van der Waals surface area contributed by atoms with E-state index in [0.717, 1.165) is 33.6 Å². The average Bonchev–Trinajstić information content (AvgIpc) is 3.28. The first kappa shape index (κ1) is 21.9. The van der Waals surface area contributed by atoms with E-state index >= 15 is 0 Å². The lowest BCUT2D eigenvalue weighted by Crippen LogP contribution is -2.54. The number of hydrogen-bond donors (Lipinski definition) is 1. The molecule has 174 valence electrons. The molecule has 2 bridgehead atoms. The number of amides is 1. The van der Waals surface area contributed by atoms with E-state index in [1.165, 1.54) is 19.3 Å². The summed E-state index contributed by atoms with van der Waals surface area (Å²) in [5.74, 6) is 1.94. The molecule has 7 rings (SSSR count). The summed E-state index contributed by atoms with van der Waals surface area (Å²) < 4.78 is 1.79. The standard InChI is InChI=1S/C27H26Cl2N4O/c1-27(2)16-6-5-15(20(27)10-16)14-31-26(34)23-13-25-19-4-3-9-30-22(19)12-24(33(25)32-23)18-8-7-17(28)11-21(18)29/h3-4,7-9,11-13,15-16,20H,5-6,10,14H2,1-2H3,(H,31,34)/t15-,16?,20?/m0/s1. The lowest BCUT2D eigenvalue weighted by molar-refractivity contribution is -0.103. The Morgan fingerprint density at radius 1 is 1.18 bits per heavy atom. The van der Waals surface area contributed by atoms with Crippen LogP contribution in [0.4, 0.5) is 0 Å². The van der Waals surface area contributed by atoms with Gasteiger partial charge in [0.25, 0.3) is 5.91 Å². The van der Waals surface area contributed by atoms with Gasteiger partial charge in [-0.1, -0.05) is 37.0 Å². The number of aromatic nitrogens is 3. The van der Waals surface area contributed by atoms with Crippen LogP contribution >= 0.6 is 23.2 Å². The van der Waals surface area contributed by atoms with Crippen molar-refractivity contribution in [2.45, 2.75) is 33.1 Å². The largest absolute Gasteiger partial charge is 0.350 e. The fourth-order valence-corrected chi connectivity index (χ4v) is 6.72. The first-order valence-electron chi connectivity index (χ1n) is 11.8. The van der Waals surface area contributed by atoms with Crippen molar-refractivity contribution in [1.82, 2.24) is 19.9 Å². The van der Waals surface area contributed by atoms with Crippen LogP contribution in [0.5, 0.6) is 0 Å². The zero-order valence-corrected chi connectivity index (χ0v) is 20.7. The van der Waals surface area contributed by atoms with Crippen molar-refractivity contribution < 1.29 is 4.79 Å². The highest BCUT2D eigenvalue weighted by Crippen LogP contribution is 2.61. The number of benzene rings is 1. The second-order valence-corrected chi connectivity index (χ2v) is 11.2. The molecular weight excluding hydrogens is 467 g/mol. The van der Waals surface area contributed by atoms with Gasteiger partial charge in [0, 0.05) is 28.7 Å². The normalized spacial score (nSPS) is 23.1. The van der Waals surface area contributed by atoms with Crippen LogP contribution in [0.1, 0.15) is 43.6 Å². The summed E-state index contributed by atoms with van der Waals surface area (Å²) in [6.07, 6.45) is 5.52. The first-order valence-corrected chi connectivity index (χ1v) is 12.6. The Balaban J connectivity index is 1.36. The van der Waals surface area contributed by atoms with E-state index in [4.69, 9.17) is 28.3 Å². The number of carbonyl (C=O) groups is 1. The van der Waals surface area contributed by atoms with Crippen LogP contribution in [0.2, 0.25) is 10.0 Å². The lowest BCUT2D eigenvalue weighted by atomic mass is 9.45. The molecule has 34 heavy (non-hydrogen) atoms. The van der Waals surface area contributed by atoms with Gasteiger partial charge in [0.1, 0.15) is 0 Å². The van der Waals surface area contributed by atoms with Gasteiger partial charge in [-0.2, -0.15) is 5.10 Å². The molecule has 4 aromatic rings. The monoisotopic (exact) mass is 492 g/mol. The topological polar surface area (TPSA) is 59.3 Å². The van der Waals surface area contributed by atoms with Crippen LogP contribution in [-0.4, -0.2) is 27.0 Å². The van der Waals surface area contributed by atoms with Crippen LogP contribution in [0.25, 0.3) is 27.7 Å². The Bertz CT molecular complexity index is 1440. The van der Waals surface area contributed by atoms with E-state index in [2.05, 4.69) is 24.1 Å². The second kappa shape index (κ2) is 7.96. The zero-order chi connectivity index (χ0) is 23.6. The molecule has 3 heterocycles. The summed E-state index contributed by atoms with van der Waals surface area (Å²) in [6, 6.07) is 13.0. The first-order chi connectivity index (χ1) is 16.3. The van der Waals surface area contributed by atoms with Gasteiger partial charge in [0.15, 0.2) is 5.69 Å². The molecule has 5 nitrogen and oxygen atoms in total. The quantitative estimate of drug-likeness (QED) is 0.346. The average molecular weight is 493 g/mol. The number of nitrogens with zero attached hydrogens (tertiary/aromatic N) is 3. The molecule has 0 radical (unpaired) electrons. The van der Waals surface area contributed by atoms with Crippen LogP contribution in [-0.2, 0) is 0 Å². The maximum Gasteiger partial charge on any atom is 0.271 e. The minimum absolute atomic E-state index is 0.145. The van der Waals surface area contributed by atoms with Crippen LogP contribution in [0.3, 0.4) is 0 Å². The van der Waals surface area contributed by atoms with Crippen molar-refractivity contribution in [2.75, 3.05) is 6.54 Å². The van der Waals surface area contributed by atoms with Crippen LogP contribution in [0, 0.1) is 23.2 Å². The molecule has 1 amide bonds. The van der Waals surface area contributed by atoms with E-state index in [1.54, 1.807) is 22.8 Å². The van der Waals surface area contributed by atoms with Gasteiger partial charge in [-0.25, -0.2) is 4.52 Å². The lowest BCUT2D eigenvalue weighted by Gasteiger charge is -2.60. The van der Waals surface area contributed by atoms with Crippen LogP contribution < -0.4 is 5.32 Å². The Hall–Kier alpha value is -2.63. The molecule has 0 aliphatic heterocycles. The highest BCUT2D eigenvalue weighted by Gasteiger charge is 2.53. The zero-order valence-electron chi connectivity index (χ0n) is 19.2. The molecule has 3 aromatic heterocycles. The van der Waals surface area contributed by atoms with Crippen molar-refractivity contribution >= 4 is 45.5 Å². The summed E-state index contributed by atoms with van der Waals surface area (Å²) >= 11 is 12.7. The van der Waals surface area contributed by atoms with Gasteiger partial charge in [-0.3, -0.25) is 9.78 Å². The van der Waals surface area contributed by atoms with Crippen molar-refractivity contribution in [1.29, 1.82) is 0 Å². The third-order valence-electron chi connectivity index (χ3n) is 8.29. The fourth-order valence-electron chi connectivity index (χ4n) is 6.22. The second-order valence-electron chi connectivity index (χ2n) is 10.3. The summed E-state index contributed by atoms with van der Waals surface area (Å²) in [4.78, 5) is 17.7. The smallest absolute Gasteiger partial charge is 0.271 e. The van der Waals surface area contributed by atoms with E-state index in [9.17, 15) is 4.79 Å². The molecule has 3 saturated carbocycles. The van der Waals surface area contributed by atoms with E-state index in [1.807, 2.05) is 30.3 Å². The number of fused-ring (bicyclic) bond motifs is 5. The predicted molar refractivity (Wildman–Crippen MR) is 136 cm³/mol. The third-order valence-corrected chi connectivity index (χ3v) is 8.84. The summed E-state index contributed by atoms with van der Waals surface area (Å²) in [5.41, 5.74) is 3.96. The Morgan fingerprint density at radius 3 is 2.79 bits per heavy atom. The van der Waals surface area contributed by atoms with Crippen molar-refractivity contribution in [2.24, 2.45) is 23.2 Å². The summed E-state index contributed by atoms with van der Waals surface area (Å²) in [6.45, 7) is 5.46. The Labute approximate surface area is 208 Å². The summed E-state index contributed by atoms with van der Waals surface area (Å²) in [5, 5.41) is 9.89. The molecule has 7 heteroatoms. The van der Waals surface area contributed by atoms with Crippen molar-refractivity contribution in [3.8, 4) is 11.3 Å². The van der Waals surface area contributed by atoms with E-state index in [0.29, 0.717) is 39.5 Å². The number of rotatable bonds is 4. The molecular formula is C27H26Cl2N4O. The predicted octanol–water partition coefficient (Wildman–Crippen LogP) is 6.66. The number of hydrogen-bond acceptors (Lipinski definition) is 3. The molecule has 0 spiro atoms. The minimum Gasteiger partial charge on any atom is -0.350 e. The van der Waals surface area contributed by atoms with Gasteiger partial charge < -0.3 is 5.32 Å². The minimum atomic E-state index is -0.145. The van der Waals surface area contributed by atoms with Gasteiger partial charge in [0.05, 0.1) is 21.7 Å². The molecule has 1 N–H and O–H groups in total. The highest BCUT2D eigenvalue weighted by atomic mass is 35.5. The van der Waals surface area contributed by atoms with Crippen molar-refractivity contribution in [3.63, 3.8) is 0 Å². The SMILES string of the molecule is CC1(C)C2CC[C@@H](CNC(=O)c3cc4c5cccnc5cc(-c5ccc(Cl)cc5Cl)n4n3)C1C2. The Kier molecular flexibility index (Phi) is 5.12. The molecule has 3 atom stereocenters. The molecule has 0 saturated heterocycles.